The topological polar surface area (TPSA) is 67.4 Å². The molecule has 2 aromatic rings. The minimum absolute atomic E-state index is 0.0589. The van der Waals surface area contributed by atoms with Crippen LogP contribution in [0.15, 0.2) is 42.5 Å². The zero-order chi connectivity index (χ0) is 16.9. The maximum Gasteiger partial charge on any atom is 0.227 e. The van der Waals surface area contributed by atoms with Gasteiger partial charge in [0.2, 0.25) is 11.8 Å². The summed E-state index contributed by atoms with van der Waals surface area (Å²) in [6, 6.07) is 13.4. The third-order valence-corrected chi connectivity index (χ3v) is 3.89. The van der Waals surface area contributed by atoms with Gasteiger partial charge in [0, 0.05) is 12.1 Å². The van der Waals surface area contributed by atoms with Crippen LogP contribution in [0, 0.1) is 6.92 Å². The van der Waals surface area contributed by atoms with Crippen molar-refractivity contribution in [2.75, 3.05) is 17.2 Å². The van der Waals surface area contributed by atoms with E-state index in [-0.39, 0.29) is 11.8 Å². The van der Waals surface area contributed by atoms with Gasteiger partial charge in [-0.2, -0.15) is 0 Å². The first kappa shape index (κ1) is 16.1. The summed E-state index contributed by atoms with van der Waals surface area (Å²) in [6.07, 6.45) is 1.42. The fourth-order valence-corrected chi connectivity index (χ4v) is 2.53. The lowest BCUT2D eigenvalue weighted by atomic mass is 10.1. The van der Waals surface area contributed by atoms with Crippen molar-refractivity contribution in [2.45, 2.75) is 26.2 Å². The molecule has 5 nitrogen and oxygen atoms in total. The van der Waals surface area contributed by atoms with Gasteiger partial charge in [-0.3, -0.25) is 9.59 Å². The third-order valence-electron chi connectivity index (χ3n) is 3.89. The van der Waals surface area contributed by atoms with Crippen molar-refractivity contribution in [3.8, 4) is 5.75 Å². The molecular formula is C19H20N2O3. The number of hydrogen-bond acceptors (Lipinski definition) is 3. The first-order valence-electron chi connectivity index (χ1n) is 8.02. The zero-order valence-corrected chi connectivity index (χ0v) is 13.6. The molecule has 0 atom stereocenters. The first-order chi connectivity index (χ1) is 11.6. The average Bonchev–Trinajstić information content (AvgIpc) is 2.74. The molecule has 2 amide bonds. The Morgan fingerprint density at radius 2 is 2.00 bits per heavy atom. The molecule has 0 spiro atoms. The van der Waals surface area contributed by atoms with Gasteiger partial charge in [-0.15, -0.1) is 0 Å². The van der Waals surface area contributed by atoms with Gasteiger partial charge in [0.25, 0.3) is 0 Å². The standard InChI is InChI=1S/C19H20N2O3/c1-13-2-4-14(5-3-13)6-9-18(22)20-15-7-8-17-16(12-15)21-19(23)10-11-24-17/h2-5,7-8,12H,6,9-11H2,1H3,(H,20,22)(H,21,23). The number of fused-ring (bicyclic) bond motifs is 1. The summed E-state index contributed by atoms with van der Waals surface area (Å²) in [5.41, 5.74) is 3.58. The van der Waals surface area contributed by atoms with E-state index in [4.69, 9.17) is 4.74 Å². The summed E-state index contributed by atoms with van der Waals surface area (Å²) in [7, 11) is 0. The van der Waals surface area contributed by atoms with Crippen LogP contribution in [0.4, 0.5) is 11.4 Å². The molecule has 1 aliphatic rings. The lowest BCUT2D eigenvalue weighted by molar-refractivity contribution is -0.117. The zero-order valence-electron chi connectivity index (χ0n) is 13.6. The summed E-state index contributed by atoms with van der Waals surface area (Å²) in [4.78, 5) is 23.7. The Morgan fingerprint density at radius 3 is 2.79 bits per heavy atom. The first-order valence-corrected chi connectivity index (χ1v) is 8.02. The van der Waals surface area contributed by atoms with Gasteiger partial charge < -0.3 is 15.4 Å². The van der Waals surface area contributed by atoms with E-state index in [1.807, 2.05) is 31.2 Å². The highest BCUT2D eigenvalue weighted by Gasteiger charge is 2.14. The van der Waals surface area contributed by atoms with E-state index in [9.17, 15) is 9.59 Å². The quantitative estimate of drug-likeness (QED) is 0.907. The molecule has 0 unspecified atom stereocenters. The van der Waals surface area contributed by atoms with Gasteiger partial charge in [-0.25, -0.2) is 0 Å². The second kappa shape index (κ2) is 7.17. The lowest BCUT2D eigenvalue weighted by Crippen LogP contribution is -2.13. The fraction of sp³-hybridized carbons (Fsp3) is 0.263. The number of aryl methyl sites for hydroxylation is 2. The number of amides is 2. The monoisotopic (exact) mass is 324 g/mol. The number of benzene rings is 2. The van der Waals surface area contributed by atoms with Crippen LogP contribution >= 0.6 is 0 Å². The van der Waals surface area contributed by atoms with Crippen molar-refractivity contribution in [2.24, 2.45) is 0 Å². The van der Waals surface area contributed by atoms with Crippen LogP contribution in [-0.4, -0.2) is 18.4 Å². The highest BCUT2D eigenvalue weighted by Crippen LogP contribution is 2.30. The largest absolute Gasteiger partial charge is 0.491 e. The molecule has 5 heteroatoms. The molecule has 24 heavy (non-hydrogen) atoms. The molecule has 1 heterocycles. The SMILES string of the molecule is Cc1ccc(CCC(=O)Nc2ccc3c(c2)NC(=O)CCO3)cc1. The van der Waals surface area contributed by atoms with E-state index in [0.717, 1.165) is 5.56 Å². The van der Waals surface area contributed by atoms with Crippen LogP contribution in [0.5, 0.6) is 5.75 Å². The maximum absolute atomic E-state index is 12.1. The number of carbonyl (C=O) groups excluding carboxylic acids is 2. The highest BCUT2D eigenvalue weighted by atomic mass is 16.5. The van der Waals surface area contributed by atoms with E-state index in [2.05, 4.69) is 10.6 Å². The second-order valence-electron chi connectivity index (χ2n) is 5.89. The van der Waals surface area contributed by atoms with E-state index in [1.54, 1.807) is 18.2 Å². The van der Waals surface area contributed by atoms with Crippen LogP contribution in [0.25, 0.3) is 0 Å². The number of ether oxygens (including phenoxy) is 1. The summed E-state index contributed by atoms with van der Waals surface area (Å²) in [5, 5.41) is 5.65. The highest BCUT2D eigenvalue weighted by molar-refractivity contribution is 5.96. The predicted molar refractivity (Wildman–Crippen MR) is 93.3 cm³/mol. The molecule has 0 saturated carbocycles. The fourth-order valence-electron chi connectivity index (χ4n) is 2.53. The van der Waals surface area contributed by atoms with Crippen molar-refractivity contribution in [1.82, 2.24) is 0 Å². The molecule has 3 rings (SSSR count). The molecule has 124 valence electrons. The van der Waals surface area contributed by atoms with Crippen LogP contribution < -0.4 is 15.4 Å². The van der Waals surface area contributed by atoms with Crippen molar-refractivity contribution in [3.05, 3.63) is 53.6 Å². The number of nitrogens with one attached hydrogen (secondary N) is 2. The Kier molecular flexibility index (Phi) is 4.79. The molecule has 0 radical (unpaired) electrons. The van der Waals surface area contributed by atoms with Crippen LogP contribution in [0.2, 0.25) is 0 Å². The Labute approximate surface area is 141 Å². The minimum atomic E-state index is -0.0865. The molecule has 1 aliphatic heterocycles. The smallest absolute Gasteiger partial charge is 0.227 e. The lowest BCUT2D eigenvalue weighted by Gasteiger charge is -2.10. The Hall–Kier alpha value is -2.82. The van der Waals surface area contributed by atoms with Crippen LogP contribution in [-0.2, 0) is 16.0 Å². The van der Waals surface area contributed by atoms with Crippen molar-refractivity contribution in [1.29, 1.82) is 0 Å². The van der Waals surface area contributed by atoms with Crippen LogP contribution in [0.3, 0.4) is 0 Å². The van der Waals surface area contributed by atoms with Gasteiger partial charge >= 0.3 is 0 Å². The molecule has 0 aliphatic carbocycles. The maximum atomic E-state index is 12.1. The predicted octanol–water partition coefficient (Wildman–Crippen LogP) is 3.29. The van der Waals surface area contributed by atoms with Gasteiger partial charge in [0.1, 0.15) is 5.75 Å². The minimum Gasteiger partial charge on any atom is -0.491 e. The van der Waals surface area contributed by atoms with E-state index < -0.39 is 0 Å². The Bertz CT molecular complexity index is 754. The summed E-state index contributed by atoms with van der Waals surface area (Å²) in [5.74, 6) is 0.478. The van der Waals surface area contributed by atoms with Crippen molar-refractivity contribution in [3.63, 3.8) is 0 Å². The molecular weight excluding hydrogens is 304 g/mol. The number of carbonyl (C=O) groups is 2. The number of rotatable bonds is 4. The summed E-state index contributed by atoms with van der Waals surface area (Å²) < 4.78 is 5.50. The summed E-state index contributed by atoms with van der Waals surface area (Å²) >= 11 is 0. The molecule has 0 bridgehead atoms. The van der Waals surface area contributed by atoms with Gasteiger partial charge in [-0.1, -0.05) is 29.8 Å². The molecule has 0 fully saturated rings. The Balaban J connectivity index is 1.60. The van der Waals surface area contributed by atoms with Crippen LogP contribution in [0.1, 0.15) is 24.0 Å². The average molecular weight is 324 g/mol. The van der Waals surface area contributed by atoms with Gasteiger partial charge in [-0.05, 0) is 37.1 Å². The third kappa shape index (κ3) is 4.13. The second-order valence-corrected chi connectivity index (χ2v) is 5.89. The number of hydrogen-bond donors (Lipinski definition) is 2. The molecule has 2 N–H and O–H groups in total. The van der Waals surface area contributed by atoms with E-state index in [0.29, 0.717) is 43.0 Å². The van der Waals surface area contributed by atoms with Gasteiger partial charge in [0.15, 0.2) is 0 Å². The van der Waals surface area contributed by atoms with E-state index >= 15 is 0 Å². The molecule has 2 aromatic carbocycles. The normalized spacial score (nSPS) is 13.3. The summed E-state index contributed by atoms with van der Waals surface area (Å²) in [6.45, 7) is 2.40. The van der Waals surface area contributed by atoms with Gasteiger partial charge in [0.05, 0.1) is 18.7 Å². The van der Waals surface area contributed by atoms with Crippen molar-refractivity contribution >= 4 is 23.2 Å². The van der Waals surface area contributed by atoms with E-state index in [1.165, 1.54) is 5.56 Å². The number of anilines is 2. The molecule has 0 aromatic heterocycles. The Morgan fingerprint density at radius 1 is 1.21 bits per heavy atom. The van der Waals surface area contributed by atoms with Crippen molar-refractivity contribution < 1.29 is 14.3 Å². The molecule has 0 saturated heterocycles.